The summed E-state index contributed by atoms with van der Waals surface area (Å²) < 4.78 is 29.7. The summed E-state index contributed by atoms with van der Waals surface area (Å²) >= 11 is 0.451. The number of hydrogen-bond donors (Lipinski definition) is 2. The minimum Gasteiger partial charge on any atom is -0.383 e. The summed E-state index contributed by atoms with van der Waals surface area (Å²) in [6.45, 7) is 2.26. The van der Waals surface area contributed by atoms with Gasteiger partial charge < -0.3 is 15.4 Å². The van der Waals surface area contributed by atoms with E-state index in [9.17, 15) is 13.6 Å². The smallest absolute Gasteiger partial charge is 0.288 e. The number of methoxy groups -OCH3 is 1. The number of para-hydroxylation sites is 1. The topological polar surface area (TPSA) is 50.4 Å². The first kappa shape index (κ1) is 16.7. The number of hydrogen-bond acceptors (Lipinski definition) is 4. The van der Waals surface area contributed by atoms with Crippen molar-refractivity contribution in [2.45, 2.75) is 23.6 Å². The number of halogens is 2. The van der Waals surface area contributed by atoms with Crippen LogP contribution in [-0.4, -0.2) is 38.0 Å². The molecule has 1 aromatic carbocycles. The maximum absolute atomic E-state index is 12.4. The van der Waals surface area contributed by atoms with Crippen molar-refractivity contribution >= 4 is 23.4 Å². The molecule has 0 spiro atoms. The second kappa shape index (κ2) is 8.76. The van der Waals surface area contributed by atoms with Crippen LogP contribution < -0.4 is 10.6 Å². The normalized spacial score (nSPS) is 12.2. The molecule has 1 amide bonds. The van der Waals surface area contributed by atoms with Crippen LogP contribution in [0.3, 0.4) is 0 Å². The number of rotatable bonds is 8. The molecule has 1 rings (SSSR count). The second-order valence-corrected chi connectivity index (χ2v) is 5.18. The van der Waals surface area contributed by atoms with Gasteiger partial charge in [0.2, 0.25) is 5.91 Å². The minimum absolute atomic E-state index is 0.0227. The van der Waals surface area contributed by atoms with Crippen molar-refractivity contribution in [2.75, 3.05) is 25.6 Å². The fourth-order valence-electron chi connectivity index (χ4n) is 1.60. The lowest BCUT2D eigenvalue weighted by molar-refractivity contribution is -0.120. The molecule has 0 saturated carbocycles. The van der Waals surface area contributed by atoms with E-state index < -0.39 is 5.76 Å². The standard InChI is InChI=1S/C13H18F2N2O2S/c1-9(8-19-2)17-12(18)7-16-10-5-3-4-6-11(10)20-13(14)15/h3-6,9,13,16H,7-8H2,1-2H3,(H,17,18). The van der Waals surface area contributed by atoms with E-state index in [-0.39, 0.29) is 18.5 Å². The number of carbonyl (C=O) groups is 1. The molecule has 0 saturated heterocycles. The van der Waals surface area contributed by atoms with Crippen molar-refractivity contribution in [2.24, 2.45) is 0 Å². The number of ether oxygens (including phenoxy) is 1. The highest BCUT2D eigenvalue weighted by Crippen LogP contribution is 2.31. The Bertz CT molecular complexity index is 433. The van der Waals surface area contributed by atoms with Crippen LogP contribution in [0.15, 0.2) is 29.2 Å². The summed E-state index contributed by atoms with van der Waals surface area (Å²) in [6, 6.07) is 6.56. The van der Waals surface area contributed by atoms with Gasteiger partial charge in [0.25, 0.3) is 5.76 Å². The summed E-state index contributed by atoms with van der Waals surface area (Å²) in [4.78, 5) is 12.1. The third kappa shape index (κ3) is 6.21. The average Bonchev–Trinajstić information content (AvgIpc) is 2.37. The van der Waals surface area contributed by atoms with Crippen LogP contribution in [0, 0.1) is 0 Å². The van der Waals surface area contributed by atoms with Crippen LogP contribution >= 0.6 is 11.8 Å². The molecular formula is C13H18F2N2O2S. The number of nitrogens with one attached hydrogen (secondary N) is 2. The van der Waals surface area contributed by atoms with Crippen molar-refractivity contribution in [3.63, 3.8) is 0 Å². The van der Waals surface area contributed by atoms with E-state index >= 15 is 0 Å². The van der Waals surface area contributed by atoms with E-state index in [2.05, 4.69) is 10.6 Å². The predicted octanol–water partition coefficient (Wildman–Crippen LogP) is 2.56. The fourth-order valence-corrected chi connectivity index (χ4v) is 2.22. The van der Waals surface area contributed by atoms with Gasteiger partial charge in [-0.25, -0.2) is 0 Å². The Morgan fingerprint density at radius 3 is 2.75 bits per heavy atom. The van der Waals surface area contributed by atoms with E-state index in [0.717, 1.165) is 0 Å². The number of anilines is 1. The van der Waals surface area contributed by atoms with Gasteiger partial charge in [-0.3, -0.25) is 4.79 Å². The number of thioether (sulfide) groups is 1. The van der Waals surface area contributed by atoms with Crippen molar-refractivity contribution in [1.82, 2.24) is 5.32 Å². The van der Waals surface area contributed by atoms with Crippen molar-refractivity contribution in [3.05, 3.63) is 24.3 Å². The number of alkyl halides is 2. The summed E-state index contributed by atoms with van der Waals surface area (Å²) in [6.07, 6.45) is 0. The lowest BCUT2D eigenvalue weighted by Crippen LogP contribution is -2.39. The third-order valence-electron chi connectivity index (χ3n) is 2.37. The van der Waals surface area contributed by atoms with Crippen molar-refractivity contribution < 1.29 is 18.3 Å². The zero-order valence-corrected chi connectivity index (χ0v) is 12.2. The van der Waals surface area contributed by atoms with Gasteiger partial charge in [-0.15, -0.1) is 0 Å². The van der Waals surface area contributed by atoms with Crippen LogP contribution in [0.25, 0.3) is 0 Å². The molecule has 0 aliphatic rings. The van der Waals surface area contributed by atoms with Crippen molar-refractivity contribution in [3.8, 4) is 0 Å². The molecule has 1 aromatic rings. The molecule has 0 heterocycles. The molecule has 20 heavy (non-hydrogen) atoms. The van der Waals surface area contributed by atoms with Crippen LogP contribution in [0.1, 0.15) is 6.92 Å². The maximum atomic E-state index is 12.4. The van der Waals surface area contributed by atoms with Gasteiger partial charge in [0.05, 0.1) is 13.2 Å². The van der Waals surface area contributed by atoms with Gasteiger partial charge in [0.1, 0.15) is 0 Å². The van der Waals surface area contributed by atoms with Crippen LogP contribution in [-0.2, 0) is 9.53 Å². The number of amides is 1. The first-order valence-electron chi connectivity index (χ1n) is 6.09. The molecule has 0 fully saturated rings. The molecule has 2 N–H and O–H groups in total. The second-order valence-electron chi connectivity index (χ2n) is 4.15. The predicted molar refractivity (Wildman–Crippen MR) is 76.3 cm³/mol. The van der Waals surface area contributed by atoms with Crippen LogP contribution in [0.4, 0.5) is 14.5 Å². The van der Waals surface area contributed by atoms with Gasteiger partial charge in [0, 0.05) is 23.7 Å². The summed E-state index contributed by atoms with van der Waals surface area (Å²) in [5.74, 6) is -2.71. The van der Waals surface area contributed by atoms with E-state index in [1.807, 2.05) is 6.92 Å². The quantitative estimate of drug-likeness (QED) is 0.725. The molecule has 1 atom stereocenters. The first-order valence-corrected chi connectivity index (χ1v) is 6.97. The highest BCUT2D eigenvalue weighted by molar-refractivity contribution is 7.99. The highest BCUT2D eigenvalue weighted by Gasteiger charge is 2.11. The molecule has 7 heteroatoms. The summed E-state index contributed by atoms with van der Waals surface area (Å²) in [5.41, 5.74) is 0.521. The first-order chi connectivity index (χ1) is 9.52. The molecule has 112 valence electrons. The Hall–Kier alpha value is -1.34. The molecule has 0 aromatic heterocycles. The molecule has 0 radical (unpaired) electrons. The van der Waals surface area contributed by atoms with Gasteiger partial charge in [-0.2, -0.15) is 8.78 Å². The lowest BCUT2D eigenvalue weighted by Gasteiger charge is -2.14. The molecular weight excluding hydrogens is 286 g/mol. The van der Waals surface area contributed by atoms with E-state index in [4.69, 9.17) is 4.74 Å². The van der Waals surface area contributed by atoms with Gasteiger partial charge >= 0.3 is 0 Å². The Morgan fingerprint density at radius 1 is 1.40 bits per heavy atom. The van der Waals surface area contributed by atoms with Gasteiger partial charge in [-0.1, -0.05) is 23.9 Å². The largest absolute Gasteiger partial charge is 0.383 e. The zero-order valence-electron chi connectivity index (χ0n) is 11.4. The maximum Gasteiger partial charge on any atom is 0.288 e. The van der Waals surface area contributed by atoms with Crippen molar-refractivity contribution in [1.29, 1.82) is 0 Å². The zero-order chi connectivity index (χ0) is 15.0. The Labute approximate surface area is 121 Å². The Balaban J connectivity index is 2.50. The Kier molecular flexibility index (Phi) is 7.32. The van der Waals surface area contributed by atoms with E-state index in [1.165, 1.54) is 0 Å². The highest BCUT2D eigenvalue weighted by atomic mass is 32.2. The molecule has 0 aliphatic carbocycles. The van der Waals surface area contributed by atoms with E-state index in [0.29, 0.717) is 29.0 Å². The minimum atomic E-state index is -2.49. The SMILES string of the molecule is COCC(C)NC(=O)CNc1ccccc1SC(F)F. The lowest BCUT2D eigenvalue weighted by atomic mass is 10.3. The average molecular weight is 304 g/mol. The Morgan fingerprint density at radius 2 is 2.10 bits per heavy atom. The third-order valence-corrected chi connectivity index (χ3v) is 3.15. The number of benzene rings is 1. The number of carbonyl (C=O) groups excluding carboxylic acids is 1. The van der Waals surface area contributed by atoms with Crippen LogP contribution in [0.5, 0.6) is 0 Å². The monoisotopic (exact) mass is 304 g/mol. The van der Waals surface area contributed by atoms with E-state index in [1.54, 1.807) is 31.4 Å². The molecule has 0 aliphatic heterocycles. The molecule has 0 bridgehead atoms. The van der Waals surface area contributed by atoms with Crippen LogP contribution in [0.2, 0.25) is 0 Å². The fraction of sp³-hybridized carbons (Fsp3) is 0.462. The van der Waals surface area contributed by atoms with Gasteiger partial charge in [-0.05, 0) is 19.1 Å². The summed E-state index contributed by atoms with van der Waals surface area (Å²) in [7, 11) is 1.55. The summed E-state index contributed by atoms with van der Waals surface area (Å²) in [5, 5.41) is 5.59. The molecule has 1 unspecified atom stereocenters. The molecule has 4 nitrogen and oxygen atoms in total. The van der Waals surface area contributed by atoms with Gasteiger partial charge in [0.15, 0.2) is 0 Å².